The van der Waals surface area contributed by atoms with Crippen molar-refractivity contribution < 1.29 is 28.6 Å². The van der Waals surface area contributed by atoms with Crippen molar-refractivity contribution in [2.75, 3.05) is 6.61 Å². The second kappa shape index (κ2) is 13.8. The van der Waals surface area contributed by atoms with Crippen molar-refractivity contribution in [2.45, 2.75) is 84.8 Å². The zero-order valence-corrected chi connectivity index (χ0v) is 23.6. The fourth-order valence-corrected chi connectivity index (χ4v) is 4.15. The zero-order chi connectivity index (χ0) is 28.4. The van der Waals surface area contributed by atoms with E-state index in [0.717, 1.165) is 34.4 Å². The summed E-state index contributed by atoms with van der Waals surface area (Å²) in [5.74, 6) is 0.201. The van der Waals surface area contributed by atoms with Gasteiger partial charge in [0.15, 0.2) is 0 Å². The van der Waals surface area contributed by atoms with Crippen LogP contribution < -0.4 is 10.1 Å². The van der Waals surface area contributed by atoms with E-state index in [4.69, 9.17) is 13.9 Å². The Morgan fingerprint density at radius 1 is 1.05 bits per heavy atom. The third-order valence-corrected chi connectivity index (χ3v) is 6.12. The monoisotopic (exact) mass is 536 g/mol. The molecule has 0 aliphatic rings. The highest BCUT2D eigenvalue weighted by Crippen LogP contribution is 2.29. The highest BCUT2D eigenvalue weighted by atomic mass is 16.6. The van der Waals surface area contributed by atoms with Gasteiger partial charge in [-0.25, -0.2) is 14.6 Å². The number of ether oxygens (including phenoxy) is 2. The first-order valence-corrected chi connectivity index (χ1v) is 13.6. The van der Waals surface area contributed by atoms with E-state index >= 15 is 0 Å². The first kappa shape index (κ1) is 29.7. The van der Waals surface area contributed by atoms with Crippen LogP contribution in [0.25, 0.3) is 22.7 Å². The molecule has 210 valence electrons. The Labute approximate surface area is 230 Å². The van der Waals surface area contributed by atoms with Crippen molar-refractivity contribution in [2.24, 2.45) is 0 Å². The molecule has 0 saturated heterocycles. The lowest BCUT2D eigenvalue weighted by Crippen LogP contribution is -2.44. The van der Waals surface area contributed by atoms with Crippen LogP contribution in [0.15, 0.2) is 53.1 Å². The maximum Gasteiger partial charge on any atom is 0.408 e. The van der Waals surface area contributed by atoms with E-state index in [9.17, 15) is 14.7 Å². The largest absolute Gasteiger partial charge is 0.494 e. The molecule has 1 atom stereocenters. The first-order valence-electron chi connectivity index (χ1n) is 13.6. The van der Waals surface area contributed by atoms with Crippen molar-refractivity contribution in [1.82, 2.24) is 10.3 Å². The van der Waals surface area contributed by atoms with Gasteiger partial charge in [-0.05, 0) is 69.5 Å². The van der Waals surface area contributed by atoms with Gasteiger partial charge in [-0.3, -0.25) is 0 Å². The van der Waals surface area contributed by atoms with Crippen molar-refractivity contribution in [1.29, 1.82) is 0 Å². The minimum Gasteiger partial charge on any atom is -0.494 e. The van der Waals surface area contributed by atoms with Gasteiger partial charge in [0, 0.05) is 17.5 Å². The predicted octanol–water partition coefficient (Wildman–Crippen LogP) is 7.19. The third-order valence-electron chi connectivity index (χ3n) is 6.12. The Bertz CT molecular complexity index is 1230. The summed E-state index contributed by atoms with van der Waals surface area (Å²) in [4.78, 5) is 28.5. The van der Waals surface area contributed by atoms with Crippen molar-refractivity contribution in [3.8, 4) is 28.5 Å². The number of rotatable bonds is 13. The van der Waals surface area contributed by atoms with Crippen molar-refractivity contribution in [3.05, 3.63) is 59.9 Å². The summed E-state index contributed by atoms with van der Waals surface area (Å²) in [5.41, 5.74) is 3.38. The van der Waals surface area contributed by atoms with Crippen LogP contribution in [-0.2, 0) is 16.0 Å². The van der Waals surface area contributed by atoms with Crippen molar-refractivity contribution in [3.63, 3.8) is 0 Å². The molecular weight excluding hydrogens is 496 g/mol. The second-order valence-electron chi connectivity index (χ2n) is 10.7. The molecule has 0 aliphatic heterocycles. The maximum atomic E-state index is 12.1. The number of carbonyl (C=O) groups excluding carboxylic acids is 1. The van der Waals surface area contributed by atoms with Crippen LogP contribution in [0.3, 0.4) is 0 Å². The van der Waals surface area contributed by atoms with E-state index in [1.54, 1.807) is 27.0 Å². The molecule has 0 fully saturated rings. The summed E-state index contributed by atoms with van der Waals surface area (Å²) >= 11 is 0. The van der Waals surface area contributed by atoms with E-state index in [0.29, 0.717) is 18.2 Å². The molecule has 1 aromatic heterocycles. The minimum absolute atomic E-state index is 0.118. The van der Waals surface area contributed by atoms with Crippen LogP contribution >= 0.6 is 0 Å². The zero-order valence-electron chi connectivity index (χ0n) is 23.6. The van der Waals surface area contributed by atoms with Gasteiger partial charge in [0.2, 0.25) is 5.89 Å². The maximum absolute atomic E-state index is 12.1. The number of carbonyl (C=O) groups is 2. The molecule has 39 heavy (non-hydrogen) atoms. The van der Waals surface area contributed by atoms with E-state index < -0.39 is 23.7 Å². The normalized spacial score (nSPS) is 12.1. The number of hydrogen-bond acceptors (Lipinski definition) is 6. The number of amides is 1. The number of carboxylic acids is 1. The number of carboxylic acid groups (broad SMARTS) is 1. The summed E-state index contributed by atoms with van der Waals surface area (Å²) in [5, 5.41) is 12.0. The van der Waals surface area contributed by atoms with Gasteiger partial charge in [-0.15, -0.1) is 0 Å². The van der Waals surface area contributed by atoms with Gasteiger partial charge in [0.1, 0.15) is 29.3 Å². The quantitative estimate of drug-likeness (QED) is 0.222. The van der Waals surface area contributed by atoms with E-state index in [-0.39, 0.29) is 6.42 Å². The number of alkyl carbamates (subject to hydrolysis) is 1. The molecule has 0 saturated carbocycles. The van der Waals surface area contributed by atoms with Crippen LogP contribution in [0, 0.1) is 6.92 Å². The van der Waals surface area contributed by atoms with Crippen LogP contribution in [-0.4, -0.2) is 40.4 Å². The Balaban J connectivity index is 1.62. The Morgan fingerprint density at radius 3 is 2.41 bits per heavy atom. The molecular formula is C31H40N2O6. The summed E-state index contributed by atoms with van der Waals surface area (Å²) in [6, 6.07) is 12.2. The number of nitrogens with zero attached hydrogens (tertiary/aromatic N) is 1. The van der Waals surface area contributed by atoms with Crippen LogP contribution in [0.4, 0.5) is 4.79 Å². The average Bonchev–Trinajstić information content (AvgIpc) is 3.35. The molecule has 0 spiro atoms. The molecule has 0 aliphatic carbocycles. The van der Waals surface area contributed by atoms with E-state index in [1.807, 2.05) is 49.4 Å². The number of aromatic nitrogens is 1. The van der Waals surface area contributed by atoms with Gasteiger partial charge < -0.3 is 24.3 Å². The number of hydrogen-bond donors (Lipinski definition) is 2. The average molecular weight is 537 g/mol. The van der Waals surface area contributed by atoms with Gasteiger partial charge in [0.05, 0.1) is 6.61 Å². The molecule has 1 heterocycles. The fraction of sp³-hybridized carbons (Fsp3) is 0.452. The highest BCUT2D eigenvalue weighted by molar-refractivity contribution is 5.80. The lowest BCUT2D eigenvalue weighted by Gasteiger charge is -2.22. The summed E-state index contributed by atoms with van der Waals surface area (Å²) in [6.45, 7) is 10.0. The summed E-state index contributed by atoms with van der Waals surface area (Å²) in [7, 11) is 0. The number of benzene rings is 2. The molecule has 8 heteroatoms. The first-order chi connectivity index (χ1) is 18.6. The lowest BCUT2D eigenvalue weighted by molar-refractivity contribution is -0.139. The number of oxazole rings is 1. The van der Waals surface area contributed by atoms with Gasteiger partial charge in [-0.1, -0.05) is 50.8 Å². The molecule has 0 bridgehead atoms. The molecule has 8 nitrogen and oxygen atoms in total. The topological polar surface area (TPSA) is 111 Å². The highest BCUT2D eigenvalue weighted by Gasteiger charge is 2.24. The molecule has 2 N–H and O–H groups in total. The summed E-state index contributed by atoms with van der Waals surface area (Å²) in [6.07, 6.45) is 6.97. The SMILES string of the molecule is CCCCCCCOc1ccc(-c2nc(-c3ccc(CC(NC(=O)OC(C)(C)C)C(=O)O)cc3C)co2)cc1. The fourth-order valence-electron chi connectivity index (χ4n) is 4.15. The van der Waals surface area contributed by atoms with E-state index in [1.165, 1.54) is 25.7 Å². The molecule has 1 unspecified atom stereocenters. The number of unbranched alkanes of at least 4 members (excludes halogenated alkanes) is 4. The molecule has 3 rings (SSSR count). The van der Waals surface area contributed by atoms with Gasteiger partial charge in [0.25, 0.3) is 0 Å². The molecule has 2 aromatic carbocycles. The van der Waals surface area contributed by atoms with Gasteiger partial charge in [-0.2, -0.15) is 0 Å². The molecule has 0 radical (unpaired) electrons. The predicted molar refractivity (Wildman–Crippen MR) is 151 cm³/mol. The lowest BCUT2D eigenvalue weighted by atomic mass is 9.99. The Hall–Kier alpha value is -3.81. The number of nitrogens with one attached hydrogen (secondary N) is 1. The molecule has 3 aromatic rings. The van der Waals surface area contributed by atoms with Crippen LogP contribution in [0.5, 0.6) is 5.75 Å². The van der Waals surface area contributed by atoms with Crippen LogP contribution in [0.1, 0.15) is 70.9 Å². The summed E-state index contributed by atoms with van der Waals surface area (Å²) < 4.78 is 16.8. The van der Waals surface area contributed by atoms with Gasteiger partial charge >= 0.3 is 12.1 Å². The number of aryl methyl sites for hydroxylation is 1. The minimum atomic E-state index is -1.13. The number of aliphatic carboxylic acids is 1. The van der Waals surface area contributed by atoms with Crippen LogP contribution in [0.2, 0.25) is 0 Å². The smallest absolute Gasteiger partial charge is 0.408 e. The second-order valence-corrected chi connectivity index (χ2v) is 10.7. The third kappa shape index (κ3) is 9.46. The Morgan fingerprint density at radius 2 is 1.77 bits per heavy atom. The molecule has 1 amide bonds. The Kier molecular flexibility index (Phi) is 10.5. The van der Waals surface area contributed by atoms with E-state index in [2.05, 4.69) is 17.2 Å². The standard InChI is InChI=1S/C31H40N2O6/c1-6-7-8-9-10-17-37-24-14-12-23(13-15-24)28-32-27(20-38-28)25-16-11-22(18-21(25)2)19-26(29(34)35)33-30(36)39-31(3,4)5/h11-16,18,20,26H,6-10,17,19H2,1-5H3,(H,33,36)(H,34,35). The van der Waals surface area contributed by atoms with Crippen molar-refractivity contribution >= 4 is 12.1 Å².